The molecule has 0 saturated carbocycles. The van der Waals surface area contributed by atoms with Crippen LogP contribution in [0.2, 0.25) is 0 Å². The van der Waals surface area contributed by atoms with Crippen LogP contribution in [0.5, 0.6) is 5.75 Å². The van der Waals surface area contributed by atoms with Crippen LogP contribution in [0, 0.1) is 19.7 Å². The summed E-state index contributed by atoms with van der Waals surface area (Å²) >= 11 is 0. The first-order chi connectivity index (χ1) is 10.0. The number of carbonyl (C=O) groups excluding carboxylic acids is 1. The zero-order valence-corrected chi connectivity index (χ0v) is 12.2. The lowest BCUT2D eigenvalue weighted by molar-refractivity contribution is -0.116. The van der Waals surface area contributed by atoms with Crippen LogP contribution in [0.1, 0.15) is 23.4 Å². The standard InChI is InChI=1S/C15H17FN2O3/c1-9-15(10(2)21-18-9)17-14(19)7-5-11-4-6-13(20-3)12(16)8-11/h4,6,8H,5,7H2,1-3H3,(H,17,19). The molecule has 0 atom stereocenters. The van der Waals surface area contributed by atoms with E-state index in [0.29, 0.717) is 23.6 Å². The number of amides is 1. The van der Waals surface area contributed by atoms with Crippen molar-refractivity contribution in [1.82, 2.24) is 5.16 Å². The second-order valence-corrected chi connectivity index (χ2v) is 4.72. The minimum atomic E-state index is -0.430. The van der Waals surface area contributed by atoms with E-state index in [1.165, 1.54) is 13.2 Å². The van der Waals surface area contributed by atoms with Crippen molar-refractivity contribution >= 4 is 11.6 Å². The Balaban J connectivity index is 1.94. The van der Waals surface area contributed by atoms with E-state index in [0.717, 1.165) is 5.56 Å². The normalized spacial score (nSPS) is 10.5. The summed E-state index contributed by atoms with van der Waals surface area (Å²) in [6.07, 6.45) is 0.686. The molecule has 0 bridgehead atoms. The van der Waals surface area contributed by atoms with Gasteiger partial charge in [-0.05, 0) is 38.0 Å². The molecule has 0 fully saturated rings. The first-order valence-corrected chi connectivity index (χ1v) is 6.56. The number of nitrogens with zero attached hydrogens (tertiary/aromatic N) is 1. The maximum atomic E-state index is 13.5. The van der Waals surface area contributed by atoms with Crippen molar-refractivity contribution in [2.24, 2.45) is 0 Å². The highest BCUT2D eigenvalue weighted by atomic mass is 19.1. The number of methoxy groups -OCH3 is 1. The van der Waals surface area contributed by atoms with Crippen molar-refractivity contribution in [3.63, 3.8) is 0 Å². The Morgan fingerprint density at radius 1 is 1.43 bits per heavy atom. The molecule has 5 nitrogen and oxygen atoms in total. The Morgan fingerprint density at radius 3 is 2.76 bits per heavy atom. The molecule has 2 rings (SSSR count). The van der Waals surface area contributed by atoms with Gasteiger partial charge in [-0.25, -0.2) is 4.39 Å². The van der Waals surface area contributed by atoms with Gasteiger partial charge in [-0.1, -0.05) is 11.2 Å². The van der Waals surface area contributed by atoms with E-state index in [-0.39, 0.29) is 18.1 Å². The number of benzene rings is 1. The molecule has 21 heavy (non-hydrogen) atoms. The molecular formula is C15H17FN2O3. The van der Waals surface area contributed by atoms with Gasteiger partial charge in [0.05, 0.1) is 7.11 Å². The van der Waals surface area contributed by atoms with Crippen LogP contribution in [-0.4, -0.2) is 18.2 Å². The zero-order chi connectivity index (χ0) is 15.4. The van der Waals surface area contributed by atoms with E-state index in [9.17, 15) is 9.18 Å². The molecule has 0 radical (unpaired) electrons. The maximum Gasteiger partial charge on any atom is 0.224 e. The largest absolute Gasteiger partial charge is 0.494 e. The van der Waals surface area contributed by atoms with Crippen molar-refractivity contribution in [3.05, 3.63) is 41.0 Å². The summed E-state index contributed by atoms with van der Waals surface area (Å²) in [6.45, 7) is 3.49. The highest BCUT2D eigenvalue weighted by Gasteiger charge is 2.12. The zero-order valence-electron chi connectivity index (χ0n) is 12.2. The molecule has 0 aliphatic rings. The Labute approximate surface area is 122 Å². The van der Waals surface area contributed by atoms with Gasteiger partial charge in [0.2, 0.25) is 5.91 Å². The third kappa shape index (κ3) is 3.59. The number of anilines is 1. The molecule has 0 saturated heterocycles. The van der Waals surface area contributed by atoms with Crippen molar-refractivity contribution in [1.29, 1.82) is 0 Å². The topological polar surface area (TPSA) is 64.4 Å². The van der Waals surface area contributed by atoms with Gasteiger partial charge in [-0.15, -0.1) is 0 Å². The van der Waals surface area contributed by atoms with Crippen molar-refractivity contribution in [3.8, 4) is 5.75 Å². The summed E-state index contributed by atoms with van der Waals surface area (Å²) in [4.78, 5) is 11.9. The summed E-state index contributed by atoms with van der Waals surface area (Å²) in [7, 11) is 1.41. The summed E-state index contributed by atoms with van der Waals surface area (Å²) in [5, 5.41) is 6.52. The number of rotatable bonds is 5. The number of nitrogens with one attached hydrogen (secondary N) is 1. The molecule has 1 N–H and O–H groups in total. The second-order valence-electron chi connectivity index (χ2n) is 4.72. The quantitative estimate of drug-likeness (QED) is 0.920. The van der Waals surface area contributed by atoms with Crippen LogP contribution in [0.25, 0.3) is 0 Å². The molecule has 6 heteroatoms. The van der Waals surface area contributed by atoms with Gasteiger partial charge in [-0.2, -0.15) is 0 Å². The van der Waals surface area contributed by atoms with Gasteiger partial charge >= 0.3 is 0 Å². The van der Waals surface area contributed by atoms with Crippen molar-refractivity contribution < 1.29 is 18.4 Å². The number of ether oxygens (including phenoxy) is 1. The number of hydrogen-bond donors (Lipinski definition) is 1. The third-order valence-corrected chi connectivity index (χ3v) is 3.15. The molecular weight excluding hydrogens is 275 g/mol. The fraction of sp³-hybridized carbons (Fsp3) is 0.333. The van der Waals surface area contributed by atoms with Crippen LogP contribution in [0.3, 0.4) is 0 Å². The number of aromatic nitrogens is 1. The van der Waals surface area contributed by atoms with E-state index >= 15 is 0 Å². The van der Waals surface area contributed by atoms with Gasteiger partial charge in [0.1, 0.15) is 11.4 Å². The summed E-state index contributed by atoms with van der Waals surface area (Å²) in [6, 6.07) is 4.67. The minimum Gasteiger partial charge on any atom is -0.494 e. The van der Waals surface area contributed by atoms with Crippen LogP contribution in [0.4, 0.5) is 10.1 Å². The lowest BCUT2D eigenvalue weighted by atomic mass is 10.1. The fourth-order valence-electron chi connectivity index (χ4n) is 1.99. The Kier molecular flexibility index (Phi) is 4.57. The number of aryl methyl sites for hydroxylation is 3. The van der Waals surface area contributed by atoms with E-state index in [1.54, 1.807) is 26.0 Å². The summed E-state index contributed by atoms with van der Waals surface area (Å²) < 4.78 is 23.4. The van der Waals surface area contributed by atoms with Gasteiger partial charge in [-0.3, -0.25) is 4.79 Å². The molecule has 2 aromatic rings. The Morgan fingerprint density at radius 2 is 2.19 bits per heavy atom. The summed E-state index contributed by atoms with van der Waals surface area (Å²) in [5.41, 5.74) is 1.97. The van der Waals surface area contributed by atoms with Gasteiger partial charge in [0, 0.05) is 6.42 Å². The average molecular weight is 292 g/mol. The first-order valence-electron chi connectivity index (χ1n) is 6.56. The Hall–Kier alpha value is -2.37. The maximum absolute atomic E-state index is 13.5. The van der Waals surface area contributed by atoms with Crippen molar-refractivity contribution in [2.75, 3.05) is 12.4 Å². The smallest absolute Gasteiger partial charge is 0.224 e. The highest BCUT2D eigenvalue weighted by molar-refractivity contribution is 5.91. The third-order valence-electron chi connectivity index (χ3n) is 3.15. The van der Waals surface area contributed by atoms with E-state index in [2.05, 4.69) is 10.5 Å². The van der Waals surface area contributed by atoms with E-state index < -0.39 is 5.82 Å². The number of halogens is 1. The van der Waals surface area contributed by atoms with Crippen LogP contribution in [0.15, 0.2) is 22.7 Å². The number of carbonyl (C=O) groups is 1. The first kappa shape index (κ1) is 15.0. The van der Waals surface area contributed by atoms with Gasteiger partial charge in [0.25, 0.3) is 0 Å². The fourth-order valence-corrected chi connectivity index (χ4v) is 1.99. The average Bonchev–Trinajstić information content (AvgIpc) is 2.77. The van der Waals surface area contributed by atoms with E-state index in [4.69, 9.17) is 9.26 Å². The van der Waals surface area contributed by atoms with E-state index in [1.807, 2.05) is 0 Å². The van der Waals surface area contributed by atoms with Gasteiger partial charge < -0.3 is 14.6 Å². The van der Waals surface area contributed by atoms with Crippen LogP contribution < -0.4 is 10.1 Å². The molecule has 1 amide bonds. The summed E-state index contributed by atoms with van der Waals surface area (Å²) in [5.74, 6) is 0.164. The minimum absolute atomic E-state index is 0.166. The molecule has 0 aliphatic heterocycles. The van der Waals surface area contributed by atoms with Crippen molar-refractivity contribution in [2.45, 2.75) is 26.7 Å². The predicted molar refractivity (Wildman–Crippen MR) is 75.9 cm³/mol. The molecule has 1 aromatic carbocycles. The molecule has 0 unspecified atom stereocenters. The number of hydrogen-bond acceptors (Lipinski definition) is 4. The lowest BCUT2D eigenvalue weighted by Gasteiger charge is -2.06. The van der Waals surface area contributed by atoms with Crippen LogP contribution >= 0.6 is 0 Å². The molecule has 1 aromatic heterocycles. The monoisotopic (exact) mass is 292 g/mol. The Bertz CT molecular complexity index is 633. The lowest BCUT2D eigenvalue weighted by Crippen LogP contribution is -2.13. The predicted octanol–water partition coefficient (Wildman–Crippen LogP) is 3.01. The SMILES string of the molecule is COc1ccc(CCC(=O)Nc2c(C)noc2C)cc1F. The van der Waals surface area contributed by atoms with Gasteiger partial charge in [0.15, 0.2) is 17.3 Å². The molecule has 0 aliphatic carbocycles. The molecule has 0 spiro atoms. The second kappa shape index (κ2) is 6.39. The van der Waals surface area contributed by atoms with Crippen LogP contribution in [-0.2, 0) is 11.2 Å². The molecule has 1 heterocycles. The molecule has 112 valence electrons. The highest BCUT2D eigenvalue weighted by Crippen LogP contribution is 2.20.